The van der Waals surface area contributed by atoms with Crippen molar-refractivity contribution in [2.24, 2.45) is 0 Å². The van der Waals surface area contributed by atoms with Gasteiger partial charge in [-0.3, -0.25) is 4.72 Å². The molecule has 0 aromatic heterocycles. The standard InChI is InChI=1S/C18H18F4N2O2S/c19-14-5-7-15(8-6-14)27(25,26)23-16-12-13(18(20,21)22)4-9-17(16)24-10-2-1-3-11-24/h4-9,12,23H,1-3,10-11H2. The molecule has 0 amide bonds. The first-order chi connectivity index (χ1) is 12.7. The molecular formula is C18H18F4N2O2S. The van der Waals surface area contributed by atoms with Crippen molar-refractivity contribution in [1.29, 1.82) is 0 Å². The van der Waals surface area contributed by atoms with Crippen LogP contribution < -0.4 is 9.62 Å². The molecule has 0 radical (unpaired) electrons. The average Bonchev–Trinajstić information content (AvgIpc) is 2.62. The van der Waals surface area contributed by atoms with Crippen molar-refractivity contribution in [3.05, 3.63) is 53.8 Å². The van der Waals surface area contributed by atoms with Gasteiger partial charge in [0.25, 0.3) is 10.0 Å². The molecule has 1 fully saturated rings. The van der Waals surface area contributed by atoms with E-state index in [1.54, 1.807) is 0 Å². The van der Waals surface area contributed by atoms with Crippen LogP contribution in [-0.4, -0.2) is 21.5 Å². The Bertz CT molecular complexity index is 906. The van der Waals surface area contributed by atoms with Gasteiger partial charge >= 0.3 is 6.18 Å². The van der Waals surface area contributed by atoms with E-state index in [1.807, 2.05) is 4.90 Å². The van der Waals surface area contributed by atoms with E-state index >= 15 is 0 Å². The summed E-state index contributed by atoms with van der Waals surface area (Å²) >= 11 is 0. The minimum absolute atomic E-state index is 0.143. The fraction of sp³-hybridized carbons (Fsp3) is 0.333. The third kappa shape index (κ3) is 4.52. The van der Waals surface area contributed by atoms with Crippen LogP contribution >= 0.6 is 0 Å². The van der Waals surface area contributed by atoms with E-state index in [4.69, 9.17) is 0 Å². The Morgan fingerprint density at radius 3 is 2.15 bits per heavy atom. The first kappa shape index (κ1) is 19.5. The van der Waals surface area contributed by atoms with Crippen LogP contribution in [0.25, 0.3) is 0 Å². The van der Waals surface area contributed by atoms with Crippen molar-refractivity contribution < 1.29 is 26.0 Å². The zero-order chi connectivity index (χ0) is 19.7. The fourth-order valence-electron chi connectivity index (χ4n) is 3.02. The van der Waals surface area contributed by atoms with Gasteiger partial charge in [0.05, 0.1) is 21.8 Å². The molecule has 0 bridgehead atoms. The minimum Gasteiger partial charge on any atom is -0.370 e. The van der Waals surface area contributed by atoms with Gasteiger partial charge < -0.3 is 4.90 Å². The van der Waals surface area contributed by atoms with Crippen LogP contribution in [0.2, 0.25) is 0 Å². The molecule has 0 saturated carbocycles. The monoisotopic (exact) mass is 402 g/mol. The molecule has 1 aliphatic heterocycles. The zero-order valence-electron chi connectivity index (χ0n) is 14.3. The smallest absolute Gasteiger partial charge is 0.370 e. The lowest BCUT2D eigenvalue weighted by atomic mass is 10.1. The minimum atomic E-state index is -4.60. The molecular weight excluding hydrogens is 384 g/mol. The number of hydrogen-bond acceptors (Lipinski definition) is 3. The molecule has 0 spiro atoms. The summed E-state index contributed by atoms with van der Waals surface area (Å²) in [6, 6.07) is 7.11. The number of hydrogen-bond donors (Lipinski definition) is 1. The molecule has 1 N–H and O–H groups in total. The van der Waals surface area contributed by atoms with Gasteiger partial charge in [0.1, 0.15) is 5.82 Å². The second-order valence-electron chi connectivity index (χ2n) is 6.34. The number of benzene rings is 2. The van der Waals surface area contributed by atoms with E-state index in [0.717, 1.165) is 55.7 Å². The Hall–Kier alpha value is -2.29. The molecule has 3 rings (SSSR count). The van der Waals surface area contributed by atoms with Gasteiger partial charge in [-0.25, -0.2) is 12.8 Å². The van der Waals surface area contributed by atoms with Crippen molar-refractivity contribution in [3.8, 4) is 0 Å². The lowest BCUT2D eigenvalue weighted by Gasteiger charge is -2.31. The van der Waals surface area contributed by atoms with Gasteiger partial charge in [-0.15, -0.1) is 0 Å². The van der Waals surface area contributed by atoms with Crippen LogP contribution in [0.5, 0.6) is 0 Å². The predicted octanol–water partition coefficient (Wildman–Crippen LogP) is 4.64. The molecule has 146 valence electrons. The largest absolute Gasteiger partial charge is 0.416 e. The molecule has 2 aromatic rings. The number of halogens is 4. The average molecular weight is 402 g/mol. The van der Waals surface area contributed by atoms with Crippen molar-refractivity contribution in [1.82, 2.24) is 0 Å². The number of rotatable bonds is 4. The summed E-state index contributed by atoms with van der Waals surface area (Å²) in [4.78, 5) is 1.64. The number of sulfonamides is 1. The Morgan fingerprint density at radius 2 is 1.56 bits per heavy atom. The lowest BCUT2D eigenvalue weighted by molar-refractivity contribution is -0.137. The molecule has 0 unspecified atom stereocenters. The molecule has 0 atom stereocenters. The van der Waals surface area contributed by atoms with Crippen LogP contribution in [-0.2, 0) is 16.2 Å². The first-order valence-corrected chi connectivity index (χ1v) is 9.90. The normalized spacial score (nSPS) is 15.6. The van der Waals surface area contributed by atoms with Gasteiger partial charge in [0, 0.05) is 13.1 Å². The van der Waals surface area contributed by atoms with Crippen molar-refractivity contribution in [3.63, 3.8) is 0 Å². The summed E-state index contributed by atoms with van der Waals surface area (Å²) < 4.78 is 79.8. The number of anilines is 2. The topological polar surface area (TPSA) is 49.4 Å². The van der Waals surface area contributed by atoms with E-state index in [1.165, 1.54) is 6.07 Å². The van der Waals surface area contributed by atoms with Crippen molar-refractivity contribution in [2.45, 2.75) is 30.3 Å². The fourth-order valence-corrected chi connectivity index (χ4v) is 4.09. The van der Waals surface area contributed by atoms with Crippen molar-refractivity contribution >= 4 is 21.4 Å². The molecule has 9 heteroatoms. The SMILES string of the molecule is O=S(=O)(Nc1cc(C(F)(F)F)ccc1N1CCCCC1)c1ccc(F)cc1. The predicted molar refractivity (Wildman–Crippen MR) is 94.7 cm³/mol. The highest BCUT2D eigenvalue weighted by atomic mass is 32.2. The third-order valence-electron chi connectivity index (χ3n) is 4.39. The summed E-state index contributed by atoms with van der Waals surface area (Å²) in [5.74, 6) is -0.609. The highest BCUT2D eigenvalue weighted by Gasteiger charge is 2.32. The summed E-state index contributed by atoms with van der Waals surface area (Å²) in [5, 5.41) is 0. The van der Waals surface area contributed by atoms with E-state index in [-0.39, 0.29) is 10.6 Å². The third-order valence-corrected chi connectivity index (χ3v) is 5.77. The quantitative estimate of drug-likeness (QED) is 0.759. The molecule has 27 heavy (non-hydrogen) atoms. The van der Waals surface area contributed by atoms with Crippen LogP contribution in [0, 0.1) is 5.82 Å². The maximum atomic E-state index is 13.1. The molecule has 2 aromatic carbocycles. The van der Waals surface area contributed by atoms with E-state index in [2.05, 4.69) is 4.72 Å². The number of piperidine rings is 1. The summed E-state index contributed by atoms with van der Waals surface area (Å²) in [5.41, 5.74) is -0.690. The van der Waals surface area contributed by atoms with Gasteiger partial charge in [-0.2, -0.15) is 13.2 Å². The van der Waals surface area contributed by atoms with Gasteiger partial charge in [-0.1, -0.05) is 0 Å². The molecule has 0 aliphatic carbocycles. The van der Waals surface area contributed by atoms with Gasteiger partial charge in [0.2, 0.25) is 0 Å². The lowest BCUT2D eigenvalue weighted by Crippen LogP contribution is -2.30. The highest BCUT2D eigenvalue weighted by molar-refractivity contribution is 7.92. The van der Waals surface area contributed by atoms with E-state index < -0.39 is 27.6 Å². The summed E-state index contributed by atoms with van der Waals surface area (Å²) in [7, 11) is -4.16. The molecule has 1 saturated heterocycles. The highest BCUT2D eigenvalue weighted by Crippen LogP contribution is 2.37. The van der Waals surface area contributed by atoms with Crippen LogP contribution in [0.3, 0.4) is 0 Å². The second kappa shape index (κ2) is 7.38. The van der Waals surface area contributed by atoms with Crippen LogP contribution in [0.15, 0.2) is 47.4 Å². The van der Waals surface area contributed by atoms with Crippen LogP contribution in [0.1, 0.15) is 24.8 Å². The Kier molecular flexibility index (Phi) is 5.32. The van der Waals surface area contributed by atoms with Crippen molar-refractivity contribution in [2.75, 3.05) is 22.7 Å². The number of nitrogens with zero attached hydrogens (tertiary/aromatic N) is 1. The molecule has 4 nitrogen and oxygen atoms in total. The summed E-state index contributed by atoms with van der Waals surface area (Å²) in [6.45, 7) is 1.27. The Labute approximate surface area is 154 Å². The maximum absolute atomic E-state index is 13.1. The Balaban J connectivity index is 2.01. The maximum Gasteiger partial charge on any atom is 0.416 e. The van der Waals surface area contributed by atoms with E-state index in [0.29, 0.717) is 18.8 Å². The number of alkyl halides is 3. The van der Waals surface area contributed by atoms with Gasteiger partial charge in [-0.05, 0) is 61.7 Å². The first-order valence-electron chi connectivity index (χ1n) is 8.41. The Morgan fingerprint density at radius 1 is 0.926 bits per heavy atom. The summed E-state index contributed by atoms with van der Waals surface area (Å²) in [6.07, 6.45) is -1.82. The zero-order valence-corrected chi connectivity index (χ0v) is 15.1. The van der Waals surface area contributed by atoms with E-state index in [9.17, 15) is 26.0 Å². The van der Waals surface area contributed by atoms with Crippen LogP contribution in [0.4, 0.5) is 28.9 Å². The van der Waals surface area contributed by atoms with Gasteiger partial charge in [0.15, 0.2) is 0 Å². The molecule has 1 aliphatic rings. The second-order valence-corrected chi connectivity index (χ2v) is 8.02. The number of nitrogens with one attached hydrogen (secondary N) is 1. The molecule has 1 heterocycles.